The summed E-state index contributed by atoms with van der Waals surface area (Å²) in [5, 5.41) is 15.5. The van der Waals surface area contributed by atoms with Crippen molar-refractivity contribution in [2.45, 2.75) is 31.7 Å². The van der Waals surface area contributed by atoms with E-state index in [2.05, 4.69) is 10.6 Å². The Morgan fingerprint density at radius 1 is 1.35 bits per heavy atom. The van der Waals surface area contributed by atoms with Crippen LogP contribution in [0.2, 0.25) is 0 Å². The Bertz CT molecular complexity index is 257. The largest absolute Gasteiger partial charge is 0.396 e. The van der Waals surface area contributed by atoms with E-state index in [1.807, 2.05) is 0 Å². The van der Waals surface area contributed by atoms with Crippen molar-refractivity contribution in [3.05, 3.63) is 0 Å². The van der Waals surface area contributed by atoms with Gasteiger partial charge in [-0.25, -0.2) is 0 Å². The van der Waals surface area contributed by atoms with Gasteiger partial charge in [0.25, 0.3) is 0 Å². The minimum absolute atomic E-state index is 0.0174. The van der Waals surface area contributed by atoms with Crippen molar-refractivity contribution >= 4 is 17.7 Å². The van der Waals surface area contributed by atoms with Crippen LogP contribution in [-0.4, -0.2) is 41.8 Å². The maximum atomic E-state index is 11.8. The Hall–Kier alpha value is -0.260. The molecule has 4 nitrogen and oxygen atoms in total. The Labute approximate surface area is 107 Å². The number of carbonyl (C=O) groups excluding carboxylic acids is 1. The summed E-state index contributed by atoms with van der Waals surface area (Å²) >= 11 is 1.77. The fourth-order valence-corrected chi connectivity index (χ4v) is 3.65. The predicted molar refractivity (Wildman–Crippen MR) is 69.8 cm³/mol. The molecule has 0 aromatic rings. The first-order valence-corrected chi connectivity index (χ1v) is 7.66. The third-order valence-corrected chi connectivity index (χ3v) is 4.81. The summed E-state index contributed by atoms with van der Waals surface area (Å²) in [6.45, 7) is 0.991. The molecule has 1 heterocycles. The molecule has 98 valence electrons. The fourth-order valence-electron chi connectivity index (χ4n) is 2.71. The monoisotopic (exact) mass is 258 g/mol. The van der Waals surface area contributed by atoms with Crippen LogP contribution < -0.4 is 10.6 Å². The van der Waals surface area contributed by atoms with Gasteiger partial charge in [0.1, 0.15) is 0 Å². The molecule has 1 saturated carbocycles. The molecule has 3 N–H and O–H groups in total. The molecular weight excluding hydrogens is 236 g/mol. The van der Waals surface area contributed by atoms with Crippen molar-refractivity contribution in [3.63, 3.8) is 0 Å². The topological polar surface area (TPSA) is 61.4 Å². The number of aliphatic hydroxyl groups is 1. The zero-order chi connectivity index (χ0) is 12.1. The average Bonchev–Trinajstić information content (AvgIpc) is 2.90. The molecule has 2 fully saturated rings. The van der Waals surface area contributed by atoms with Gasteiger partial charge in [-0.05, 0) is 24.7 Å². The molecule has 1 aliphatic carbocycles. The highest BCUT2D eigenvalue weighted by molar-refractivity contribution is 7.99. The Morgan fingerprint density at radius 2 is 2.12 bits per heavy atom. The fraction of sp³-hybridized carbons (Fsp3) is 0.917. The molecule has 17 heavy (non-hydrogen) atoms. The summed E-state index contributed by atoms with van der Waals surface area (Å²) in [6, 6.07) is -0.0174. The second-order valence-electron chi connectivity index (χ2n) is 5.00. The molecular formula is C12H22N2O2S. The maximum absolute atomic E-state index is 11.8. The molecule has 0 aromatic heterocycles. The maximum Gasteiger partial charge on any atom is 0.238 e. The van der Waals surface area contributed by atoms with E-state index in [1.165, 1.54) is 12.8 Å². The molecule has 1 amide bonds. The summed E-state index contributed by atoms with van der Waals surface area (Å²) < 4.78 is 0. The molecule has 3 atom stereocenters. The zero-order valence-corrected chi connectivity index (χ0v) is 11.0. The summed E-state index contributed by atoms with van der Waals surface area (Å²) in [4.78, 5) is 11.8. The summed E-state index contributed by atoms with van der Waals surface area (Å²) in [6.07, 6.45) is 4.69. The van der Waals surface area contributed by atoms with Gasteiger partial charge in [-0.3, -0.25) is 10.1 Å². The number of rotatable bonds is 4. The highest BCUT2D eigenvalue weighted by Crippen LogP contribution is 2.29. The van der Waals surface area contributed by atoms with E-state index in [1.54, 1.807) is 11.8 Å². The van der Waals surface area contributed by atoms with Gasteiger partial charge in [0, 0.05) is 24.8 Å². The number of thioether (sulfide) groups is 1. The van der Waals surface area contributed by atoms with Gasteiger partial charge in [0.2, 0.25) is 5.91 Å². The van der Waals surface area contributed by atoms with E-state index in [9.17, 15) is 9.90 Å². The van der Waals surface area contributed by atoms with Crippen molar-refractivity contribution in [1.29, 1.82) is 0 Å². The number of nitrogens with one attached hydrogen (secondary N) is 2. The summed E-state index contributed by atoms with van der Waals surface area (Å²) in [7, 11) is 0. The van der Waals surface area contributed by atoms with Crippen molar-refractivity contribution in [3.8, 4) is 0 Å². The molecule has 0 aromatic carbocycles. The van der Waals surface area contributed by atoms with E-state index in [4.69, 9.17) is 0 Å². The quantitative estimate of drug-likeness (QED) is 0.690. The van der Waals surface area contributed by atoms with Crippen LogP contribution in [0.4, 0.5) is 0 Å². The van der Waals surface area contributed by atoms with Crippen LogP contribution in [0.5, 0.6) is 0 Å². The number of aliphatic hydroxyl groups excluding tert-OH is 1. The third-order valence-electron chi connectivity index (χ3n) is 3.87. The number of carbonyl (C=O) groups is 1. The van der Waals surface area contributed by atoms with E-state index in [0.717, 1.165) is 31.0 Å². The second-order valence-corrected chi connectivity index (χ2v) is 6.03. The summed E-state index contributed by atoms with van der Waals surface area (Å²) in [5.41, 5.74) is 0. The lowest BCUT2D eigenvalue weighted by atomic mass is 9.79. The minimum Gasteiger partial charge on any atom is -0.396 e. The molecule has 1 saturated heterocycles. The van der Waals surface area contributed by atoms with Crippen LogP contribution in [0.3, 0.4) is 0 Å². The Kier molecular flexibility index (Phi) is 5.13. The van der Waals surface area contributed by atoms with Gasteiger partial charge in [-0.15, -0.1) is 11.8 Å². The first-order valence-electron chi connectivity index (χ1n) is 6.51. The highest BCUT2D eigenvalue weighted by Gasteiger charge is 2.27. The van der Waals surface area contributed by atoms with E-state index in [0.29, 0.717) is 11.8 Å². The predicted octanol–water partition coefficient (Wildman–Crippen LogP) is 0.564. The third kappa shape index (κ3) is 3.60. The van der Waals surface area contributed by atoms with Crippen molar-refractivity contribution in [2.24, 2.45) is 11.8 Å². The molecule has 2 aliphatic rings. The van der Waals surface area contributed by atoms with E-state index < -0.39 is 0 Å². The molecule has 5 heteroatoms. The van der Waals surface area contributed by atoms with E-state index >= 15 is 0 Å². The van der Waals surface area contributed by atoms with Gasteiger partial charge in [-0.1, -0.05) is 12.8 Å². The van der Waals surface area contributed by atoms with Crippen LogP contribution in [-0.2, 0) is 4.79 Å². The minimum atomic E-state index is -0.0174. The number of amides is 1. The zero-order valence-electron chi connectivity index (χ0n) is 10.2. The van der Waals surface area contributed by atoms with Crippen LogP contribution >= 0.6 is 11.8 Å². The first-order chi connectivity index (χ1) is 8.31. The van der Waals surface area contributed by atoms with Gasteiger partial charge in [-0.2, -0.15) is 0 Å². The molecule has 2 rings (SSSR count). The molecule has 1 aliphatic heterocycles. The highest BCUT2D eigenvalue weighted by atomic mass is 32.2. The average molecular weight is 258 g/mol. The van der Waals surface area contributed by atoms with E-state index in [-0.39, 0.29) is 18.6 Å². The van der Waals surface area contributed by atoms with Crippen LogP contribution in [0.25, 0.3) is 0 Å². The van der Waals surface area contributed by atoms with Crippen molar-refractivity contribution in [2.75, 3.05) is 24.8 Å². The standard InChI is InChI=1S/C12H22N2O2S/c15-6-10-4-2-1-3-9(10)5-13-12(16)11-7-17-8-14-11/h9-11,14-15H,1-8H2,(H,13,16). The Balaban J connectivity index is 1.74. The van der Waals surface area contributed by atoms with Crippen LogP contribution in [0, 0.1) is 11.8 Å². The lowest BCUT2D eigenvalue weighted by Crippen LogP contribution is -2.45. The van der Waals surface area contributed by atoms with Gasteiger partial charge >= 0.3 is 0 Å². The van der Waals surface area contributed by atoms with Gasteiger partial charge < -0.3 is 10.4 Å². The van der Waals surface area contributed by atoms with Gasteiger partial charge in [0.05, 0.1) is 6.04 Å². The van der Waals surface area contributed by atoms with Crippen LogP contribution in [0.1, 0.15) is 25.7 Å². The smallest absolute Gasteiger partial charge is 0.238 e. The number of hydrogen-bond acceptors (Lipinski definition) is 4. The molecule has 0 radical (unpaired) electrons. The normalized spacial score (nSPS) is 33.6. The summed E-state index contributed by atoms with van der Waals surface area (Å²) in [5.74, 6) is 2.72. The molecule has 0 bridgehead atoms. The SMILES string of the molecule is O=C(NCC1CCCCC1CO)C1CSCN1. The molecule has 3 unspecified atom stereocenters. The second kappa shape index (κ2) is 6.61. The first kappa shape index (κ1) is 13.2. The van der Waals surface area contributed by atoms with Crippen LogP contribution in [0.15, 0.2) is 0 Å². The molecule has 0 spiro atoms. The van der Waals surface area contributed by atoms with Crippen molar-refractivity contribution in [1.82, 2.24) is 10.6 Å². The Morgan fingerprint density at radius 3 is 2.76 bits per heavy atom. The number of hydrogen-bond donors (Lipinski definition) is 3. The lowest BCUT2D eigenvalue weighted by Gasteiger charge is -2.30. The van der Waals surface area contributed by atoms with Gasteiger partial charge in [0.15, 0.2) is 0 Å². The lowest BCUT2D eigenvalue weighted by molar-refractivity contribution is -0.122. The van der Waals surface area contributed by atoms with Crippen molar-refractivity contribution < 1.29 is 9.90 Å².